The SMILES string of the molecule is Cc1ccc(C(=O)Nc2cccc3ncccc23)cc1C1(N)N=Cc2ccccc2N1. The van der Waals surface area contributed by atoms with Gasteiger partial charge in [-0.3, -0.25) is 15.5 Å². The number of nitrogens with two attached hydrogens (primary N) is 1. The molecule has 4 N–H and O–H groups in total. The number of amides is 1. The summed E-state index contributed by atoms with van der Waals surface area (Å²) in [5.41, 5.74) is 12.2. The van der Waals surface area contributed by atoms with Gasteiger partial charge >= 0.3 is 0 Å². The van der Waals surface area contributed by atoms with Crippen LogP contribution in [0, 0.1) is 6.92 Å². The molecule has 1 atom stereocenters. The number of nitrogens with zero attached hydrogens (tertiary/aromatic N) is 2. The van der Waals surface area contributed by atoms with Gasteiger partial charge in [-0.15, -0.1) is 0 Å². The molecule has 1 aliphatic heterocycles. The molecular weight excluding hydrogens is 386 g/mol. The van der Waals surface area contributed by atoms with Crippen molar-refractivity contribution in [1.82, 2.24) is 4.98 Å². The average Bonchev–Trinajstić information content (AvgIpc) is 2.79. The monoisotopic (exact) mass is 407 g/mol. The van der Waals surface area contributed by atoms with Crippen molar-refractivity contribution in [2.75, 3.05) is 10.6 Å². The van der Waals surface area contributed by atoms with Gasteiger partial charge < -0.3 is 10.6 Å². The van der Waals surface area contributed by atoms with E-state index in [2.05, 4.69) is 20.6 Å². The second-order valence-corrected chi connectivity index (χ2v) is 7.60. The molecule has 31 heavy (non-hydrogen) atoms. The van der Waals surface area contributed by atoms with E-state index in [0.29, 0.717) is 11.3 Å². The Morgan fingerprint density at radius 1 is 1.03 bits per heavy atom. The van der Waals surface area contributed by atoms with E-state index in [-0.39, 0.29) is 5.91 Å². The molecule has 0 saturated heterocycles. The molecule has 1 amide bonds. The summed E-state index contributed by atoms with van der Waals surface area (Å²) in [6, 6.07) is 22.8. The lowest BCUT2D eigenvalue weighted by Crippen LogP contribution is -2.45. The Hall–Kier alpha value is -4.03. The van der Waals surface area contributed by atoms with Gasteiger partial charge in [0.1, 0.15) is 0 Å². The third-order valence-corrected chi connectivity index (χ3v) is 5.50. The normalized spacial score (nSPS) is 17.1. The Morgan fingerprint density at radius 3 is 2.81 bits per heavy atom. The summed E-state index contributed by atoms with van der Waals surface area (Å²) >= 11 is 0. The number of aryl methyl sites for hydroxylation is 1. The predicted molar refractivity (Wildman–Crippen MR) is 124 cm³/mol. The summed E-state index contributed by atoms with van der Waals surface area (Å²) in [4.78, 5) is 22.0. The van der Waals surface area contributed by atoms with E-state index in [1.807, 2.05) is 67.6 Å². The molecule has 2 heterocycles. The number of pyridine rings is 1. The molecule has 5 rings (SSSR count). The van der Waals surface area contributed by atoms with Crippen molar-refractivity contribution in [2.45, 2.75) is 12.7 Å². The Labute approximate surface area is 179 Å². The van der Waals surface area contributed by atoms with Crippen LogP contribution in [0.1, 0.15) is 27.0 Å². The first kappa shape index (κ1) is 19.0. The molecule has 1 aliphatic rings. The number of para-hydroxylation sites is 1. The highest BCUT2D eigenvalue weighted by Crippen LogP contribution is 2.31. The summed E-state index contributed by atoms with van der Waals surface area (Å²) < 4.78 is 0. The molecule has 4 aromatic rings. The number of aromatic nitrogens is 1. The third kappa shape index (κ3) is 3.43. The number of carbonyl (C=O) groups excluding carboxylic acids is 1. The van der Waals surface area contributed by atoms with Crippen LogP contribution < -0.4 is 16.4 Å². The maximum Gasteiger partial charge on any atom is 0.255 e. The van der Waals surface area contributed by atoms with Crippen molar-refractivity contribution in [1.29, 1.82) is 0 Å². The van der Waals surface area contributed by atoms with Gasteiger partial charge in [-0.25, -0.2) is 4.99 Å². The first-order chi connectivity index (χ1) is 15.0. The maximum atomic E-state index is 13.1. The predicted octanol–water partition coefficient (Wildman–Crippen LogP) is 4.41. The minimum absolute atomic E-state index is 0.221. The highest BCUT2D eigenvalue weighted by molar-refractivity contribution is 6.08. The largest absolute Gasteiger partial charge is 0.345 e. The second kappa shape index (κ2) is 7.34. The van der Waals surface area contributed by atoms with Crippen LogP contribution in [0.3, 0.4) is 0 Å². The molecule has 0 fully saturated rings. The van der Waals surface area contributed by atoms with E-state index in [0.717, 1.165) is 33.3 Å². The van der Waals surface area contributed by atoms with Gasteiger partial charge in [0.05, 0.1) is 11.2 Å². The number of rotatable bonds is 3. The van der Waals surface area contributed by atoms with E-state index >= 15 is 0 Å². The number of hydrogen-bond donors (Lipinski definition) is 3. The van der Waals surface area contributed by atoms with Crippen LogP contribution in [0.25, 0.3) is 10.9 Å². The lowest BCUT2D eigenvalue weighted by Gasteiger charge is -2.33. The number of nitrogens with one attached hydrogen (secondary N) is 2. The van der Waals surface area contributed by atoms with Gasteiger partial charge in [0.25, 0.3) is 5.91 Å². The Morgan fingerprint density at radius 2 is 1.90 bits per heavy atom. The van der Waals surface area contributed by atoms with E-state index < -0.39 is 5.79 Å². The highest BCUT2D eigenvalue weighted by atomic mass is 16.1. The summed E-state index contributed by atoms with van der Waals surface area (Å²) in [5.74, 6) is -1.38. The molecule has 6 heteroatoms. The van der Waals surface area contributed by atoms with Crippen LogP contribution >= 0.6 is 0 Å². The zero-order valence-corrected chi connectivity index (χ0v) is 17.0. The van der Waals surface area contributed by atoms with Crippen LogP contribution in [0.2, 0.25) is 0 Å². The van der Waals surface area contributed by atoms with E-state index in [4.69, 9.17) is 5.73 Å². The van der Waals surface area contributed by atoms with Crippen molar-refractivity contribution in [3.8, 4) is 0 Å². The van der Waals surface area contributed by atoms with Crippen molar-refractivity contribution >= 4 is 34.4 Å². The van der Waals surface area contributed by atoms with Crippen LogP contribution in [0.15, 0.2) is 84.0 Å². The van der Waals surface area contributed by atoms with Gasteiger partial charge in [-0.2, -0.15) is 0 Å². The quantitative estimate of drug-likeness (QED) is 0.469. The van der Waals surface area contributed by atoms with Gasteiger partial charge in [-0.05, 0) is 55.0 Å². The highest BCUT2D eigenvalue weighted by Gasteiger charge is 2.31. The van der Waals surface area contributed by atoms with Crippen molar-refractivity contribution in [3.63, 3.8) is 0 Å². The summed E-state index contributed by atoms with van der Waals surface area (Å²) in [6.45, 7) is 1.96. The van der Waals surface area contributed by atoms with Gasteiger partial charge in [0.2, 0.25) is 5.79 Å². The zero-order valence-electron chi connectivity index (χ0n) is 17.0. The topological polar surface area (TPSA) is 92.4 Å². The number of carbonyl (C=O) groups is 1. The van der Waals surface area contributed by atoms with E-state index in [9.17, 15) is 4.79 Å². The number of fused-ring (bicyclic) bond motifs is 2. The van der Waals surface area contributed by atoms with Crippen LogP contribution in [-0.4, -0.2) is 17.1 Å². The molecule has 1 unspecified atom stereocenters. The first-order valence-electron chi connectivity index (χ1n) is 10.0. The molecule has 0 radical (unpaired) electrons. The van der Waals surface area contributed by atoms with Crippen molar-refractivity contribution in [3.05, 3.63) is 101 Å². The molecule has 0 saturated carbocycles. The number of hydrogen-bond acceptors (Lipinski definition) is 5. The fourth-order valence-electron chi connectivity index (χ4n) is 3.85. The van der Waals surface area contributed by atoms with Gasteiger partial charge in [-0.1, -0.05) is 30.3 Å². The molecule has 6 nitrogen and oxygen atoms in total. The lowest BCUT2D eigenvalue weighted by atomic mass is 9.97. The molecule has 0 bridgehead atoms. The van der Waals surface area contributed by atoms with E-state index in [1.54, 1.807) is 24.5 Å². The number of anilines is 2. The van der Waals surface area contributed by atoms with Crippen molar-refractivity contribution < 1.29 is 4.79 Å². The Kier molecular flexibility index (Phi) is 4.49. The molecule has 1 aromatic heterocycles. The number of aliphatic imine (C=N–C) groups is 1. The Balaban J connectivity index is 1.48. The smallest absolute Gasteiger partial charge is 0.255 e. The minimum Gasteiger partial charge on any atom is -0.345 e. The van der Waals surface area contributed by atoms with Crippen LogP contribution in [0.5, 0.6) is 0 Å². The van der Waals surface area contributed by atoms with Gasteiger partial charge in [0.15, 0.2) is 0 Å². The number of benzene rings is 3. The molecule has 152 valence electrons. The summed E-state index contributed by atoms with van der Waals surface area (Å²) in [6.07, 6.45) is 3.50. The second-order valence-electron chi connectivity index (χ2n) is 7.60. The first-order valence-corrected chi connectivity index (χ1v) is 10.0. The fourth-order valence-corrected chi connectivity index (χ4v) is 3.85. The van der Waals surface area contributed by atoms with Crippen molar-refractivity contribution in [2.24, 2.45) is 10.7 Å². The van der Waals surface area contributed by atoms with Crippen LogP contribution in [0.4, 0.5) is 11.4 Å². The lowest BCUT2D eigenvalue weighted by molar-refractivity contribution is 0.102. The Bertz CT molecular complexity index is 1340. The average molecular weight is 407 g/mol. The zero-order chi connectivity index (χ0) is 21.4. The van der Waals surface area contributed by atoms with E-state index in [1.165, 1.54) is 0 Å². The maximum absolute atomic E-state index is 13.1. The molecule has 0 aliphatic carbocycles. The summed E-state index contributed by atoms with van der Waals surface area (Å²) in [7, 11) is 0. The van der Waals surface area contributed by atoms with Crippen LogP contribution in [-0.2, 0) is 5.79 Å². The third-order valence-electron chi connectivity index (χ3n) is 5.50. The molecule has 0 spiro atoms. The molecule has 3 aromatic carbocycles. The van der Waals surface area contributed by atoms with Gasteiger partial charge in [0, 0.05) is 40.2 Å². The minimum atomic E-state index is -1.15. The summed E-state index contributed by atoms with van der Waals surface area (Å²) in [5, 5.41) is 7.20. The fraction of sp³-hybridized carbons (Fsp3) is 0.0800. The standard InChI is InChI=1S/C25H21N5O/c1-16-11-12-17(24(31)29-23-10-4-9-22-19(23)7-5-13-27-22)14-20(16)25(26)28-15-18-6-2-3-8-21(18)30-25/h2-15,30H,26H2,1H3,(H,29,31). The molecular formula is C25H21N5O.